The van der Waals surface area contributed by atoms with Gasteiger partial charge in [-0.25, -0.2) is 17.2 Å². The van der Waals surface area contributed by atoms with Crippen LogP contribution in [-0.4, -0.2) is 69.7 Å². The summed E-state index contributed by atoms with van der Waals surface area (Å²) in [6.07, 6.45) is 3.58. The third-order valence-electron chi connectivity index (χ3n) is 5.34. The summed E-state index contributed by atoms with van der Waals surface area (Å²) in [4.78, 5) is 6.28. The average Bonchev–Trinajstić information content (AvgIpc) is 3.29. The van der Waals surface area contributed by atoms with Crippen LogP contribution in [-0.2, 0) is 10.0 Å². The molecule has 0 spiro atoms. The molecule has 2 heterocycles. The molecule has 1 aromatic rings. The highest BCUT2D eigenvalue weighted by Crippen LogP contribution is 2.26. The van der Waals surface area contributed by atoms with Crippen LogP contribution >= 0.6 is 24.0 Å². The maximum Gasteiger partial charge on any atom is 0.211 e. The lowest BCUT2D eigenvalue weighted by Crippen LogP contribution is -2.45. The molecule has 0 amide bonds. The summed E-state index contributed by atoms with van der Waals surface area (Å²) in [5.41, 5.74) is 0.00786. The normalized spacial score (nSPS) is 22.8. The second kappa shape index (κ2) is 10.9. The van der Waals surface area contributed by atoms with Gasteiger partial charge in [-0.2, -0.15) is 4.31 Å². The van der Waals surface area contributed by atoms with Crippen LogP contribution in [0.2, 0.25) is 0 Å². The molecule has 2 fully saturated rings. The van der Waals surface area contributed by atoms with Gasteiger partial charge >= 0.3 is 0 Å². The van der Waals surface area contributed by atoms with Crippen LogP contribution in [0.4, 0.5) is 14.5 Å². The highest BCUT2D eigenvalue weighted by atomic mass is 127. The van der Waals surface area contributed by atoms with Crippen molar-refractivity contribution in [2.75, 3.05) is 43.9 Å². The van der Waals surface area contributed by atoms with Gasteiger partial charge < -0.3 is 15.5 Å². The van der Waals surface area contributed by atoms with E-state index >= 15 is 0 Å². The molecule has 1 aromatic carbocycles. The number of hydrogen-bond acceptors (Lipinski definition) is 4. The van der Waals surface area contributed by atoms with Gasteiger partial charge in [-0.1, -0.05) is 6.07 Å². The molecule has 0 aliphatic carbocycles. The molecule has 7 nitrogen and oxygen atoms in total. The van der Waals surface area contributed by atoms with E-state index in [1.807, 2.05) is 6.92 Å². The Morgan fingerprint density at radius 3 is 2.57 bits per heavy atom. The first-order valence-electron chi connectivity index (χ1n) is 10.00. The Balaban J connectivity index is 0.00000320. The van der Waals surface area contributed by atoms with Crippen LogP contribution in [0.15, 0.2) is 23.2 Å². The quantitative estimate of drug-likeness (QED) is 0.319. The number of benzene rings is 1. The molecule has 2 N–H and O–H groups in total. The number of para-hydroxylation sites is 1. The van der Waals surface area contributed by atoms with Crippen LogP contribution in [0.25, 0.3) is 0 Å². The Morgan fingerprint density at radius 1 is 1.23 bits per heavy atom. The second-order valence-corrected chi connectivity index (χ2v) is 9.47. The van der Waals surface area contributed by atoms with Gasteiger partial charge in [-0.15, -0.1) is 24.0 Å². The van der Waals surface area contributed by atoms with E-state index in [4.69, 9.17) is 0 Å². The summed E-state index contributed by atoms with van der Waals surface area (Å²) < 4.78 is 53.4. The maximum absolute atomic E-state index is 14.0. The molecule has 2 saturated heterocycles. The van der Waals surface area contributed by atoms with Gasteiger partial charge in [-0.3, -0.25) is 4.99 Å². The number of aliphatic imine (C=N–C) groups is 1. The Bertz CT molecular complexity index is 835. The summed E-state index contributed by atoms with van der Waals surface area (Å²) in [5.74, 6) is -0.532. The summed E-state index contributed by atoms with van der Waals surface area (Å²) in [6.45, 7) is 4.52. The Morgan fingerprint density at radius 2 is 1.93 bits per heavy atom. The maximum atomic E-state index is 14.0. The van der Waals surface area contributed by atoms with Gasteiger partial charge in [0, 0.05) is 38.3 Å². The number of anilines is 1. The molecule has 0 saturated carbocycles. The van der Waals surface area contributed by atoms with Gasteiger partial charge in [0.25, 0.3) is 0 Å². The van der Waals surface area contributed by atoms with E-state index in [1.54, 1.807) is 4.90 Å². The van der Waals surface area contributed by atoms with Crippen LogP contribution in [0, 0.1) is 11.6 Å². The molecule has 3 rings (SSSR count). The van der Waals surface area contributed by atoms with E-state index in [-0.39, 0.29) is 41.7 Å². The number of hydrogen-bond donors (Lipinski definition) is 2. The third kappa shape index (κ3) is 6.16. The van der Waals surface area contributed by atoms with Gasteiger partial charge in [0.05, 0.1) is 12.8 Å². The first-order chi connectivity index (χ1) is 13.8. The van der Waals surface area contributed by atoms with Crippen molar-refractivity contribution in [2.24, 2.45) is 4.99 Å². The predicted octanol–water partition coefficient (Wildman–Crippen LogP) is 2.14. The van der Waals surface area contributed by atoms with E-state index in [0.717, 1.165) is 19.3 Å². The molecule has 2 aliphatic rings. The molecule has 170 valence electrons. The molecular formula is C19H30F2IN5O2S. The lowest BCUT2D eigenvalue weighted by molar-refractivity contribution is 0.396. The lowest BCUT2D eigenvalue weighted by atomic mass is 10.2. The topological polar surface area (TPSA) is 77.0 Å². The molecule has 11 heteroatoms. The Hall–Kier alpha value is -1.21. The minimum absolute atomic E-state index is 0. The highest BCUT2D eigenvalue weighted by Gasteiger charge is 2.31. The zero-order chi connectivity index (χ0) is 21.0. The molecule has 1 unspecified atom stereocenters. The van der Waals surface area contributed by atoms with Crippen molar-refractivity contribution in [1.82, 2.24) is 14.9 Å². The van der Waals surface area contributed by atoms with Crippen LogP contribution in [0.5, 0.6) is 0 Å². The number of guanidine groups is 1. The number of nitrogens with zero attached hydrogens (tertiary/aromatic N) is 3. The van der Waals surface area contributed by atoms with Crippen molar-refractivity contribution < 1.29 is 17.2 Å². The monoisotopic (exact) mass is 557 g/mol. The van der Waals surface area contributed by atoms with E-state index in [9.17, 15) is 17.2 Å². The molecule has 2 aliphatic heterocycles. The van der Waals surface area contributed by atoms with Crippen molar-refractivity contribution in [2.45, 2.75) is 38.3 Å². The van der Waals surface area contributed by atoms with E-state index in [2.05, 4.69) is 15.6 Å². The molecule has 0 bridgehead atoms. The van der Waals surface area contributed by atoms with E-state index in [0.29, 0.717) is 38.7 Å². The SMILES string of the molecule is CCNC(=NC[C@H]1CCCN1S(C)(=O)=O)NC1CCN(c2c(F)cccc2F)C1.I. The van der Waals surface area contributed by atoms with Gasteiger partial charge in [0.1, 0.15) is 17.3 Å². The zero-order valence-corrected chi connectivity index (χ0v) is 20.4. The lowest BCUT2D eigenvalue weighted by Gasteiger charge is -2.23. The summed E-state index contributed by atoms with van der Waals surface area (Å²) in [7, 11) is -3.23. The molecule has 30 heavy (non-hydrogen) atoms. The molecule has 2 atom stereocenters. The fraction of sp³-hybridized carbons (Fsp3) is 0.632. The smallest absolute Gasteiger partial charge is 0.211 e. The van der Waals surface area contributed by atoms with Gasteiger partial charge in [0.15, 0.2) is 5.96 Å². The van der Waals surface area contributed by atoms with Gasteiger partial charge in [0.2, 0.25) is 10.0 Å². The van der Waals surface area contributed by atoms with Gasteiger partial charge in [-0.05, 0) is 38.3 Å². The molecule has 0 radical (unpaired) electrons. The van der Waals surface area contributed by atoms with Crippen molar-refractivity contribution in [3.05, 3.63) is 29.8 Å². The Labute approximate surface area is 194 Å². The van der Waals surface area contributed by atoms with Crippen LogP contribution < -0.4 is 15.5 Å². The molecular weight excluding hydrogens is 527 g/mol. The highest BCUT2D eigenvalue weighted by molar-refractivity contribution is 14.0. The van der Waals surface area contributed by atoms with E-state index in [1.165, 1.54) is 28.8 Å². The number of halogens is 3. The minimum Gasteiger partial charge on any atom is -0.365 e. The summed E-state index contributed by atoms with van der Waals surface area (Å²) in [6, 6.07) is 3.74. The molecule has 0 aromatic heterocycles. The van der Waals surface area contributed by atoms with Crippen LogP contribution in [0.3, 0.4) is 0 Å². The van der Waals surface area contributed by atoms with Crippen molar-refractivity contribution in [3.8, 4) is 0 Å². The first-order valence-corrected chi connectivity index (χ1v) is 11.8. The fourth-order valence-electron chi connectivity index (χ4n) is 4.01. The fourth-order valence-corrected chi connectivity index (χ4v) is 5.19. The first kappa shape index (κ1) is 25.1. The third-order valence-corrected chi connectivity index (χ3v) is 6.67. The number of sulfonamides is 1. The zero-order valence-electron chi connectivity index (χ0n) is 17.3. The van der Waals surface area contributed by atoms with E-state index < -0.39 is 21.7 Å². The van der Waals surface area contributed by atoms with Crippen LogP contribution in [0.1, 0.15) is 26.2 Å². The van der Waals surface area contributed by atoms with Crippen molar-refractivity contribution in [1.29, 1.82) is 0 Å². The minimum atomic E-state index is -3.23. The summed E-state index contributed by atoms with van der Waals surface area (Å²) in [5, 5.41) is 6.49. The van der Waals surface area contributed by atoms with Crippen molar-refractivity contribution >= 4 is 45.6 Å². The predicted molar refractivity (Wildman–Crippen MR) is 126 cm³/mol. The number of nitrogens with one attached hydrogen (secondary N) is 2. The summed E-state index contributed by atoms with van der Waals surface area (Å²) >= 11 is 0. The standard InChI is InChI=1S/C19H29F2N5O2S.HI/c1-3-22-19(23-12-15-6-5-10-26(15)29(2,27)28)24-14-9-11-25(13-14)18-16(20)7-4-8-17(18)21;/h4,7-8,14-15H,3,5-6,9-13H2,1-2H3,(H2,22,23,24);1H/t14?,15-;/m1./s1. The largest absolute Gasteiger partial charge is 0.365 e. The average molecular weight is 557 g/mol. The second-order valence-electron chi connectivity index (χ2n) is 7.54. The Kier molecular flexibility index (Phi) is 9.10. The number of rotatable bonds is 6. The van der Waals surface area contributed by atoms with Crippen molar-refractivity contribution in [3.63, 3.8) is 0 Å².